The fraction of sp³-hybridized carbons (Fsp3) is 0.286. The van der Waals surface area contributed by atoms with Crippen LogP contribution in [0.2, 0.25) is 0 Å². The number of carbonyl (C=O) groups is 1. The Labute approximate surface area is 126 Å². The van der Waals surface area contributed by atoms with Crippen molar-refractivity contribution in [2.24, 2.45) is 0 Å². The average Bonchev–Trinajstić information content (AvgIpc) is 2.90. The van der Waals surface area contributed by atoms with E-state index in [0.717, 1.165) is 10.7 Å². The third kappa shape index (κ3) is 3.43. The maximum absolute atomic E-state index is 12.2. The van der Waals surface area contributed by atoms with Crippen LogP contribution in [-0.4, -0.2) is 25.1 Å². The second-order valence-electron chi connectivity index (χ2n) is 4.33. The van der Waals surface area contributed by atoms with Crippen molar-refractivity contribution in [1.29, 1.82) is 0 Å². The highest BCUT2D eigenvalue weighted by molar-refractivity contribution is 7.09. The molecule has 3 N–H and O–H groups in total. The fourth-order valence-corrected chi connectivity index (χ4v) is 2.46. The molecule has 0 atom stereocenters. The van der Waals surface area contributed by atoms with Crippen LogP contribution < -0.4 is 20.5 Å². The lowest BCUT2D eigenvalue weighted by Crippen LogP contribution is -2.24. The lowest BCUT2D eigenvalue weighted by molar-refractivity contribution is 0.0951. The summed E-state index contributed by atoms with van der Waals surface area (Å²) in [6.45, 7) is 2.28. The number of aromatic nitrogens is 1. The van der Waals surface area contributed by atoms with Gasteiger partial charge in [0.05, 0.1) is 37.0 Å². The maximum atomic E-state index is 12.2. The number of hydrogen-bond acceptors (Lipinski definition) is 6. The molecule has 1 heterocycles. The Morgan fingerprint density at radius 3 is 2.57 bits per heavy atom. The first-order valence-corrected chi connectivity index (χ1v) is 7.13. The summed E-state index contributed by atoms with van der Waals surface area (Å²) in [6, 6.07) is 3.14. The molecule has 7 heteroatoms. The van der Waals surface area contributed by atoms with Crippen molar-refractivity contribution in [3.8, 4) is 11.5 Å². The third-order valence-electron chi connectivity index (χ3n) is 2.90. The minimum atomic E-state index is -0.279. The minimum absolute atomic E-state index is 0.279. The largest absolute Gasteiger partial charge is 0.493 e. The lowest BCUT2D eigenvalue weighted by atomic mass is 10.1. The van der Waals surface area contributed by atoms with Crippen LogP contribution >= 0.6 is 11.3 Å². The summed E-state index contributed by atoms with van der Waals surface area (Å²) in [7, 11) is 3.02. The van der Waals surface area contributed by atoms with E-state index >= 15 is 0 Å². The molecule has 6 nitrogen and oxygen atoms in total. The summed E-state index contributed by atoms with van der Waals surface area (Å²) in [4.78, 5) is 16.5. The van der Waals surface area contributed by atoms with E-state index in [-0.39, 0.29) is 5.91 Å². The van der Waals surface area contributed by atoms with Crippen LogP contribution in [0.5, 0.6) is 11.5 Å². The summed E-state index contributed by atoms with van der Waals surface area (Å²) in [5.41, 5.74) is 7.39. The van der Waals surface area contributed by atoms with Crippen molar-refractivity contribution in [2.45, 2.75) is 13.5 Å². The Hall–Kier alpha value is -2.28. The van der Waals surface area contributed by atoms with Gasteiger partial charge in [0.25, 0.3) is 5.91 Å². The lowest BCUT2D eigenvalue weighted by Gasteiger charge is -2.12. The summed E-state index contributed by atoms with van der Waals surface area (Å²) in [5, 5.41) is 5.66. The molecular formula is C14H17N3O3S. The van der Waals surface area contributed by atoms with Crippen molar-refractivity contribution in [2.75, 3.05) is 20.0 Å². The molecule has 0 aliphatic carbocycles. The molecule has 0 saturated heterocycles. The van der Waals surface area contributed by atoms with Gasteiger partial charge in [-0.25, -0.2) is 4.98 Å². The van der Waals surface area contributed by atoms with E-state index < -0.39 is 0 Å². The summed E-state index contributed by atoms with van der Waals surface area (Å²) in [5.74, 6) is 0.669. The molecule has 112 valence electrons. The van der Waals surface area contributed by atoms with Crippen LogP contribution in [0.1, 0.15) is 21.1 Å². The van der Waals surface area contributed by atoms with Crippen LogP contribution in [0.15, 0.2) is 17.5 Å². The number of methoxy groups -OCH3 is 2. The van der Waals surface area contributed by atoms with E-state index in [2.05, 4.69) is 10.3 Å². The van der Waals surface area contributed by atoms with Crippen molar-refractivity contribution in [1.82, 2.24) is 10.3 Å². The number of ether oxygens (including phenoxy) is 2. The predicted octanol–water partition coefficient (Wildman–Crippen LogP) is 1.98. The molecular weight excluding hydrogens is 290 g/mol. The molecule has 21 heavy (non-hydrogen) atoms. The molecule has 0 aliphatic heterocycles. The number of thiazole rings is 1. The number of aryl methyl sites for hydroxylation is 1. The highest BCUT2D eigenvalue weighted by Crippen LogP contribution is 2.31. The monoisotopic (exact) mass is 307 g/mol. The molecule has 0 fully saturated rings. The van der Waals surface area contributed by atoms with E-state index in [1.165, 1.54) is 14.2 Å². The first-order valence-electron chi connectivity index (χ1n) is 6.26. The van der Waals surface area contributed by atoms with Gasteiger partial charge in [-0.05, 0) is 13.0 Å². The molecule has 2 rings (SSSR count). The van der Waals surface area contributed by atoms with Gasteiger partial charge in [-0.15, -0.1) is 11.3 Å². The third-order valence-corrected chi connectivity index (χ3v) is 3.72. The predicted molar refractivity (Wildman–Crippen MR) is 82.0 cm³/mol. The molecule has 2 aromatic rings. The second-order valence-corrected chi connectivity index (χ2v) is 5.40. The smallest absolute Gasteiger partial charge is 0.253 e. The van der Waals surface area contributed by atoms with Gasteiger partial charge in [0.2, 0.25) is 0 Å². The zero-order valence-electron chi connectivity index (χ0n) is 12.1. The standard InChI is InChI=1S/C14H17N3O3S/c1-8-17-9(7-21-8)6-16-14(18)10-4-12(19-2)13(20-3)5-11(10)15/h4-5,7H,6,15H2,1-3H3,(H,16,18). The number of rotatable bonds is 5. The fourth-order valence-electron chi connectivity index (χ4n) is 1.85. The number of anilines is 1. The van der Waals surface area contributed by atoms with Crippen molar-refractivity contribution in [3.63, 3.8) is 0 Å². The quantitative estimate of drug-likeness (QED) is 0.825. The van der Waals surface area contributed by atoms with Crippen LogP contribution in [0.25, 0.3) is 0 Å². The highest BCUT2D eigenvalue weighted by atomic mass is 32.1. The van der Waals surface area contributed by atoms with Crippen molar-refractivity contribution >= 4 is 22.9 Å². The van der Waals surface area contributed by atoms with Gasteiger partial charge in [0.1, 0.15) is 0 Å². The highest BCUT2D eigenvalue weighted by Gasteiger charge is 2.15. The number of nitrogens with one attached hydrogen (secondary N) is 1. The number of nitrogens with zero attached hydrogens (tertiary/aromatic N) is 1. The number of nitrogens with two attached hydrogens (primary N) is 1. The normalized spacial score (nSPS) is 10.2. The number of amides is 1. The van der Waals surface area contributed by atoms with E-state index in [4.69, 9.17) is 15.2 Å². The van der Waals surface area contributed by atoms with E-state index in [1.807, 2.05) is 12.3 Å². The van der Waals surface area contributed by atoms with Crippen LogP contribution in [-0.2, 0) is 6.54 Å². The first-order chi connectivity index (χ1) is 10.0. The number of benzene rings is 1. The topological polar surface area (TPSA) is 86.5 Å². The molecule has 1 aromatic heterocycles. The average molecular weight is 307 g/mol. The van der Waals surface area contributed by atoms with Gasteiger partial charge in [0, 0.05) is 17.1 Å². The van der Waals surface area contributed by atoms with Gasteiger partial charge in [-0.3, -0.25) is 4.79 Å². The number of carbonyl (C=O) groups excluding carboxylic acids is 1. The Morgan fingerprint density at radius 2 is 2.00 bits per heavy atom. The number of nitrogen functional groups attached to an aromatic ring is 1. The maximum Gasteiger partial charge on any atom is 0.253 e. The molecule has 0 spiro atoms. The molecule has 0 radical (unpaired) electrons. The Bertz CT molecular complexity index is 655. The summed E-state index contributed by atoms with van der Waals surface area (Å²) in [6.07, 6.45) is 0. The van der Waals surface area contributed by atoms with Gasteiger partial charge in [-0.1, -0.05) is 0 Å². The zero-order chi connectivity index (χ0) is 15.4. The SMILES string of the molecule is COc1cc(N)c(C(=O)NCc2csc(C)n2)cc1OC. The van der Waals surface area contributed by atoms with E-state index in [1.54, 1.807) is 23.5 Å². The zero-order valence-corrected chi connectivity index (χ0v) is 12.9. The minimum Gasteiger partial charge on any atom is -0.493 e. The van der Waals surface area contributed by atoms with Gasteiger partial charge in [-0.2, -0.15) is 0 Å². The van der Waals surface area contributed by atoms with E-state index in [9.17, 15) is 4.79 Å². The summed E-state index contributed by atoms with van der Waals surface area (Å²) < 4.78 is 10.3. The Balaban J connectivity index is 2.15. The van der Waals surface area contributed by atoms with Gasteiger partial charge < -0.3 is 20.5 Å². The number of hydrogen-bond donors (Lipinski definition) is 2. The Kier molecular flexibility index (Phi) is 4.64. The second kappa shape index (κ2) is 6.45. The Morgan fingerprint density at radius 1 is 1.33 bits per heavy atom. The molecule has 0 bridgehead atoms. The molecule has 0 saturated carbocycles. The summed E-state index contributed by atoms with van der Waals surface area (Å²) >= 11 is 1.54. The van der Waals surface area contributed by atoms with Crippen LogP contribution in [0.3, 0.4) is 0 Å². The molecule has 1 amide bonds. The van der Waals surface area contributed by atoms with Crippen molar-refractivity contribution < 1.29 is 14.3 Å². The first kappa shape index (κ1) is 15.1. The van der Waals surface area contributed by atoms with Gasteiger partial charge in [0.15, 0.2) is 11.5 Å². The van der Waals surface area contributed by atoms with Crippen molar-refractivity contribution in [3.05, 3.63) is 33.8 Å². The molecule has 0 unspecified atom stereocenters. The van der Waals surface area contributed by atoms with Crippen LogP contribution in [0, 0.1) is 6.92 Å². The molecule has 0 aliphatic rings. The molecule has 1 aromatic carbocycles. The van der Waals surface area contributed by atoms with E-state index in [0.29, 0.717) is 29.3 Å². The van der Waals surface area contributed by atoms with Gasteiger partial charge >= 0.3 is 0 Å². The van der Waals surface area contributed by atoms with Crippen LogP contribution in [0.4, 0.5) is 5.69 Å².